The second-order valence-corrected chi connectivity index (χ2v) is 38.8. The predicted octanol–water partition coefficient (Wildman–Crippen LogP) is 21.3. The molecule has 5 aliphatic rings. The summed E-state index contributed by atoms with van der Waals surface area (Å²) in [7, 11) is -3.68. The van der Waals surface area contributed by atoms with Gasteiger partial charge in [-0.3, -0.25) is 4.18 Å². The SMILES string of the molecule is C.C.C.CC1(COCCCOc2ccc(Br)cc2)COC1.CC1(COCCCOc2ccc(C(=O)O)cc2)COC1.Cc1cc(O)ccc1O.Cc1cc(OC(=O)c2ccc(OCCCOCC3(C)COC3)cc2)ccc1OC(=O)c1ccc(OCCCOCC2(C)COC2)cc1.Cc1ccc(S(=O)(=O)OC2(C)COC2)cc1.OCCCCl.OCCCOc1ccc(Br)cc1.Oc1ccc(Br)cc1. The highest BCUT2D eigenvalue weighted by atomic mass is 79.9. The second-order valence-electron chi connectivity index (χ2n) is 34.2. The molecule has 0 aliphatic carbocycles. The third kappa shape index (κ3) is 47.5. The average molecular weight is 2160 g/mol. The number of carboxylic acid groups (broad SMARTS) is 1. The number of carbonyl (C=O) groups excluding carboxylic acids is 2. The maximum atomic E-state index is 12.8. The van der Waals surface area contributed by atoms with E-state index in [1.54, 1.807) is 148 Å². The van der Waals surface area contributed by atoms with E-state index in [-0.39, 0.29) is 79.1 Å². The number of phenolic OH excluding ortho intramolecular Hbond substituents is 3. The Hall–Kier alpha value is -9.01. The summed E-state index contributed by atoms with van der Waals surface area (Å²) < 4.78 is 119. The van der Waals surface area contributed by atoms with E-state index < -0.39 is 33.6 Å². The second kappa shape index (κ2) is 64.4. The Morgan fingerprint density at radius 2 is 0.688 bits per heavy atom. The van der Waals surface area contributed by atoms with E-state index in [2.05, 4.69) is 75.5 Å². The van der Waals surface area contributed by atoms with Gasteiger partial charge >= 0.3 is 17.9 Å². The molecule has 0 aromatic heterocycles. The zero-order valence-electron chi connectivity index (χ0n) is 77.8. The molecule has 5 heterocycles. The van der Waals surface area contributed by atoms with Crippen LogP contribution in [0.3, 0.4) is 0 Å². The standard InChI is InChI=1S/C37H44O10.C15H20O5.C14H19BrO3.C11H14O4S.C9H11BrO2.C7H8O2.C6H5BrO.C3H7ClO.3CH4/c1-27-20-32(46-34(38)28-6-10-30(11-7-28)44-18-4-16-40-21-36(2)23-42-24-36)14-15-33(27)47-35(39)29-8-12-31(13-9-29)45-19-5-17-41-22-37(3)25-43-26-37;1-15(10-19-11-15)9-18-7-2-8-20-13-5-3-12(4-6-13)14(16)17;1-14(10-17-11-14)9-16-7-2-8-18-13-5-3-12(15)4-6-13;1-9-3-5-10(6-4-9)16(12,13)15-11(2)7-14-8-11;10-8-2-4-9(5-3-8)12-7-1-6-11;1-5-4-6(8)2-3-7(5)9;7-5-1-3-6(8)4-2-5;4-2-1-3-5;;;/h6-15,20H,4-5,16-19,21-26H2,1-3H3;3-6H,2,7-11H2,1H3,(H,16,17);3-6H,2,7-11H2,1H3;3-6H,7-8H2,1-2H3;2-5,11H,1,6-7H2;2-4,8-9H,1H3;1-4,8H;5H,1-3H2;3*1H4. The lowest BCUT2D eigenvalue weighted by Crippen LogP contribution is -2.50. The lowest BCUT2D eigenvalue weighted by molar-refractivity contribution is -0.147. The minimum Gasteiger partial charge on any atom is -0.508 e. The smallest absolute Gasteiger partial charge is 0.343 e. The lowest BCUT2D eigenvalue weighted by atomic mass is 9.90. The van der Waals surface area contributed by atoms with Gasteiger partial charge in [0, 0.05) is 113 Å². The maximum absolute atomic E-state index is 12.8. The number of ether oxygens (including phenoxy) is 16. The minimum atomic E-state index is -3.68. The zero-order chi connectivity index (χ0) is 98.0. The third-order valence-corrected chi connectivity index (χ3v) is 23.3. The Morgan fingerprint density at radius 1 is 0.370 bits per heavy atom. The number of carboxylic acids is 1. The van der Waals surface area contributed by atoms with Crippen LogP contribution in [0.1, 0.15) is 143 Å². The van der Waals surface area contributed by atoms with E-state index in [0.717, 1.165) is 129 Å². The van der Waals surface area contributed by atoms with Crippen molar-refractivity contribution >= 4 is 87.4 Å². The van der Waals surface area contributed by atoms with Crippen LogP contribution in [0, 0.1) is 42.4 Å². The number of rotatable bonds is 42. The molecule has 5 saturated heterocycles. The summed E-state index contributed by atoms with van der Waals surface area (Å²) in [5, 5.41) is 51.8. The summed E-state index contributed by atoms with van der Waals surface area (Å²) in [6.45, 7) is 31.4. The van der Waals surface area contributed by atoms with Crippen molar-refractivity contribution in [3.8, 4) is 57.5 Å². The number of hydrogen-bond donors (Lipinski definition) is 6. The maximum Gasteiger partial charge on any atom is 0.343 e. The van der Waals surface area contributed by atoms with Gasteiger partial charge in [0.2, 0.25) is 0 Å². The first-order valence-electron chi connectivity index (χ1n) is 44.3. The number of aliphatic hydroxyl groups is 2. The lowest BCUT2D eigenvalue weighted by Gasteiger charge is -2.37. The van der Waals surface area contributed by atoms with Crippen molar-refractivity contribution in [3.05, 3.63) is 253 Å². The van der Waals surface area contributed by atoms with Gasteiger partial charge in [0.05, 0.1) is 147 Å². The van der Waals surface area contributed by atoms with E-state index in [4.69, 9.17) is 122 Å². The average Bonchev–Trinajstić information content (AvgIpc) is 0.791. The van der Waals surface area contributed by atoms with E-state index in [1.165, 1.54) is 30.3 Å². The molecule has 28 nitrogen and oxygen atoms in total. The van der Waals surface area contributed by atoms with Gasteiger partial charge in [0.25, 0.3) is 10.1 Å². The number of esters is 2. The highest BCUT2D eigenvalue weighted by Gasteiger charge is 2.40. The van der Waals surface area contributed by atoms with Crippen molar-refractivity contribution in [2.75, 3.05) is 171 Å². The Labute approximate surface area is 844 Å². The van der Waals surface area contributed by atoms with Crippen molar-refractivity contribution < 1.29 is 133 Å². The summed E-state index contributed by atoms with van der Waals surface area (Å²) in [6, 6.07) is 58.2. The molecule has 9 aromatic carbocycles. The molecular formula is C105H140Br3ClO28S. The minimum absolute atomic E-state index is 0. The normalized spacial score (nSPS) is 14.6. The molecule has 5 fully saturated rings. The Bertz CT molecular complexity index is 4980. The van der Waals surface area contributed by atoms with Gasteiger partial charge < -0.3 is 106 Å². The molecule has 0 amide bonds. The fourth-order valence-corrected chi connectivity index (χ4v) is 14.0. The number of aliphatic hydroxyl groups excluding tert-OH is 2. The molecule has 33 heteroatoms. The zero-order valence-corrected chi connectivity index (χ0v) is 84.2. The van der Waals surface area contributed by atoms with Crippen molar-refractivity contribution in [2.24, 2.45) is 21.7 Å². The molecule has 6 N–H and O–H groups in total. The van der Waals surface area contributed by atoms with Crippen LogP contribution in [-0.2, 0) is 56.9 Å². The van der Waals surface area contributed by atoms with E-state index in [1.807, 2.05) is 55.5 Å². The molecule has 0 saturated carbocycles. The van der Waals surface area contributed by atoms with Crippen molar-refractivity contribution in [1.29, 1.82) is 0 Å². The molecule has 138 heavy (non-hydrogen) atoms. The number of carbonyl (C=O) groups is 3. The Morgan fingerprint density at radius 3 is 0.978 bits per heavy atom. The highest BCUT2D eigenvalue weighted by molar-refractivity contribution is 9.11. The number of aryl methyl sites for hydroxylation is 3. The van der Waals surface area contributed by atoms with Crippen LogP contribution in [0.4, 0.5) is 0 Å². The van der Waals surface area contributed by atoms with E-state index >= 15 is 0 Å². The number of aromatic hydroxyl groups is 3. The van der Waals surface area contributed by atoms with Gasteiger partial charge in [-0.05, 0) is 239 Å². The van der Waals surface area contributed by atoms with Crippen molar-refractivity contribution in [1.82, 2.24) is 0 Å². The monoisotopic (exact) mass is 2150 g/mol. The summed E-state index contributed by atoms with van der Waals surface area (Å²) in [5.74, 6) is 3.78. The van der Waals surface area contributed by atoms with Crippen LogP contribution in [0.5, 0.6) is 57.5 Å². The number of halogens is 4. The first kappa shape index (κ1) is 121. The van der Waals surface area contributed by atoms with Crippen LogP contribution >= 0.6 is 59.4 Å². The molecule has 9 aromatic rings. The van der Waals surface area contributed by atoms with Crippen LogP contribution in [-0.4, -0.2) is 234 Å². The van der Waals surface area contributed by atoms with Crippen molar-refractivity contribution in [2.45, 2.75) is 127 Å². The molecule has 14 rings (SSSR count). The summed E-state index contributed by atoms with van der Waals surface area (Å²) in [6.07, 6.45) is 4.63. The molecule has 5 aliphatic heterocycles. The molecule has 0 atom stereocenters. The van der Waals surface area contributed by atoms with Crippen LogP contribution in [0.15, 0.2) is 225 Å². The van der Waals surface area contributed by atoms with E-state index in [0.29, 0.717) is 155 Å². The number of alkyl halides is 1. The number of benzene rings is 9. The van der Waals surface area contributed by atoms with Gasteiger partial charge in [0.15, 0.2) is 0 Å². The molecular weight excluding hydrogens is 2020 g/mol. The molecule has 0 radical (unpaired) electrons. The third-order valence-electron chi connectivity index (χ3n) is 20.0. The fourth-order valence-electron chi connectivity index (χ4n) is 11.9. The number of hydrogen-bond acceptors (Lipinski definition) is 27. The number of aromatic carboxylic acids is 1. The van der Waals surface area contributed by atoms with Crippen molar-refractivity contribution in [3.63, 3.8) is 0 Å². The molecule has 0 bridgehead atoms. The van der Waals surface area contributed by atoms with Crippen LogP contribution in [0.2, 0.25) is 0 Å². The first-order chi connectivity index (χ1) is 64.6. The summed E-state index contributed by atoms with van der Waals surface area (Å²) >= 11 is 15.1. The van der Waals surface area contributed by atoms with Gasteiger partial charge in [-0.25, -0.2) is 14.4 Å². The fraction of sp³-hybridized carbons (Fsp3) is 0.457. The Kier molecular flexibility index (Phi) is 56.6. The van der Waals surface area contributed by atoms with Gasteiger partial charge in [-0.1, -0.05) is 115 Å². The summed E-state index contributed by atoms with van der Waals surface area (Å²) in [5.41, 5.74) is 3.40. The van der Waals surface area contributed by atoms with Gasteiger partial charge in [-0.2, -0.15) is 8.42 Å². The van der Waals surface area contributed by atoms with Crippen LogP contribution < -0.4 is 33.2 Å². The van der Waals surface area contributed by atoms with Gasteiger partial charge in [-0.15, -0.1) is 11.6 Å². The predicted molar refractivity (Wildman–Crippen MR) is 544 cm³/mol. The largest absolute Gasteiger partial charge is 0.508 e. The highest BCUT2D eigenvalue weighted by Crippen LogP contribution is 2.33. The molecule has 0 spiro atoms. The quantitative estimate of drug-likeness (QED) is 0.00517. The molecule has 762 valence electrons. The number of phenols is 3. The topological polar surface area (TPSA) is 364 Å². The van der Waals surface area contributed by atoms with Gasteiger partial charge in [0.1, 0.15) is 63.1 Å². The summed E-state index contributed by atoms with van der Waals surface area (Å²) in [4.78, 5) is 36.4. The Balaban J connectivity index is 0.000000365. The first-order valence-corrected chi connectivity index (χ1v) is 48.6. The molecule has 0 unspecified atom stereocenters. The van der Waals surface area contributed by atoms with Crippen LogP contribution in [0.25, 0.3) is 0 Å². The van der Waals surface area contributed by atoms with E-state index in [9.17, 15) is 22.8 Å².